The van der Waals surface area contributed by atoms with Crippen LogP contribution < -0.4 is 10.6 Å². The lowest BCUT2D eigenvalue weighted by Gasteiger charge is -2.08. The van der Waals surface area contributed by atoms with Gasteiger partial charge < -0.3 is 15.4 Å². The van der Waals surface area contributed by atoms with Gasteiger partial charge in [-0.05, 0) is 6.92 Å². The van der Waals surface area contributed by atoms with E-state index in [1.807, 2.05) is 0 Å². The minimum Gasteiger partial charge on any atom is -0.341 e. The molecule has 0 aromatic heterocycles. The van der Waals surface area contributed by atoms with Crippen LogP contribution in [0.25, 0.3) is 0 Å². The Bertz CT molecular complexity index is 125. The van der Waals surface area contributed by atoms with Crippen LogP contribution in [0, 0.1) is 0 Å². The number of rotatable bonds is 3. The Labute approximate surface area is 60.0 Å². The van der Waals surface area contributed by atoms with Gasteiger partial charge in [-0.25, -0.2) is 4.79 Å². The van der Waals surface area contributed by atoms with Crippen LogP contribution in [0.5, 0.6) is 0 Å². The molecule has 0 saturated carbocycles. The maximum atomic E-state index is 10.6. The number of carbonyl (C=O) groups excluding carboxylic acids is 2. The summed E-state index contributed by atoms with van der Waals surface area (Å²) >= 11 is 0. The van der Waals surface area contributed by atoms with E-state index in [4.69, 9.17) is 0 Å². The van der Waals surface area contributed by atoms with E-state index < -0.39 is 0 Å². The number of aldehydes is 1. The Morgan fingerprint density at radius 2 is 2.30 bits per heavy atom. The van der Waals surface area contributed by atoms with Crippen LogP contribution in [0.3, 0.4) is 0 Å². The average molecular weight is 144 g/mol. The van der Waals surface area contributed by atoms with Crippen molar-refractivity contribution in [2.45, 2.75) is 19.4 Å². The highest BCUT2D eigenvalue weighted by molar-refractivity contribution is 5.74. The molecule has 0 fully saturated rings. The van der Waals surface area contributed by atoms with Crippen molar-refractivity contribution >= 4 is 12.3 Å². The summed E-state index contributed by atoms with van der Waals surface area (Å²) in [5.74, 6) is 0. The van der Waals surface area contributed by atoms with Crippen molar-refractivity contribution in [3.8, 4) is 0 Å². The summed E-state index contributed by atoms with van der Waals surface area (Å²) in [6, 6.07) is -0.341. The van der Waals surface area contributed by atoms with E-state index in [1.54, 1.807) is 6.92 Å². The topological polar surface area (TPSA) is 58.2 Å². The van der Waals surface area contributed by atoms with E-state index in [1.165, 1.54) is 7.05 Å². The van der Waals surface area contributed by atoms with Crippen molar-refractivity contribution in [3.05, 3.63) is 0 Å². The smallest absolute Gasteiger partial charge is 0.314 e. The summed E-state index contributed by atoms with van der Waals surface area (Å²) in [5, 5.41) is 4.94. The van der Waals surface area contributed by atoms with Crippen LogP contribution in [0.15, 0.2) is 0 Å². The van der Waals surface area contributed by atoms with E-state index >= 15 is 0 Å². The van der Waals surface area contributed by atoms with Crippen LogP contribution in [0.4, 0.5) is 4.79 Å². The minimum absolute atomic E-state index is 0.0857. The number of nitrogens with one attached hydrogen (secondary N) is 2. The molecule has 0 aliphatic carbocycles. The van der Waals surface area contributed by atoms with Crippen molar-refractivity contribution in [3.63, 3.8) is 0 Å². The van der Waals surface area contributed by atoms with E-state index in [2.05, 4.69) is 10.6 Å². The van der Waals surface area contributed by atoms with Gasteiger partial charge in [-0.1, -0.05) is 0 Å². The molecule has 4 nitrogen and oxygen atoms in total. The summed E-state index contributed by atoms with van der Waals surface area (Å²) in [6.07, 6.45) is 1.13. The van der Waals surface area contributed by atoms with Crippen molar-refractivity contribution in [2.75, 3.05) is 7.05 Å². The lowest BCUT2D eigenvalue weighted by molar-refractivity contribution is -0.108. The lowest BCUT2D eigenvalue weighted by atomic mass is 10.3. The molecule has 2 N–H and O–H groups in total. The van der Waals surface area contributed by atoms with E-state index in [-0.39, 0.29) is 12.1 Å². The van der Waals surface area contributed by atoms with E-state index in [0.29, 0.717) is 6.42 Å². The molecule has 0 aromatic carbocycles. The molecule has 2 amide bonds. The van der Waals surface area contributed by atoms with Crippen LogP contribution in [0.2, 0.25) is 0 Å². The number of amides is 2. The second kappa shape index (κ2) is 4.78. The van der Waals surface area contributed by atoms with Crippen LogP contribution in [0.1, 0.15) is 13.3 Å². The van der Waals surface area contributed by atoms with Crippen LogP contribution in [-0.2, 0) is 4.79 Å². The second-order valence-corrected chi connectivity index (χ2v) is 2.03. The highest BCUT2D eigenvalue weighted by atomic mass is 16.2. The SMILES string of the molecule is CNC(=O)NC(C)CC=O. The van der Waals surface area contributed by atoms with Gasteiger partial charge in [0.05, 0.1) is 0 Å². The van der Waals surface area contributed by atoms with Crippen molar-refractivity contribution in [1.82, 2.24) is 10.6 Å². The molecule has 4 heteroatoms. The van der Waals surface area contributed by atoms with Gasteiger partial charge in [0.2, 0.25) is 0 Å². The highest BCUT2D eigenvalue weighted by Crippen LogP contribution is 1.84. The fraction of sp³-hybridized carbons (Fsp3) is 0.667. The molecule has 0 rings (SSSR count). The van der Waals surface area contributed by atoms with Gasteiger partial charge in [0, 0.05) is 19.5 Å². The van der Waals surface area contributed by atoms with Gasteiger partial charge in [-0.3, -0.25) is 0 Å². The van der Waals surface area contributed by atoms with Gasteiger partial charge in [0.25, 0.3) is 0 Å². The van der Waals surface area contributed by atoms with Gasteiger partial charge in [0.15, 0.2) is 0 Å². The molecule has 1 atom stereocenters. The summed E-state index contributed by atoms with van der Waals surface area (Å²) in [5.41, 5.74) is 0. The zero-order valence-electron chi connectivity index (χ0n) is 6.18. The first kappa shape index (κ1) is 8.94. The first-order valence-electron chi connectivity index (χ1n) is 3.12. The molecule has 0 spiro atoms. The standard InChI is InChI=1S/C6H12N2O2/c1-5(3-4-9)8-6(10)7-2/h4-5H,3H2,1-2H3,(H2,7,8,10). The molecule has 0 aromatic rings. The number of hydrogen-bond donors (Lipinski definition) is 2. The van der Waals surface area contributed by atoms with Crippen molar-refractivity contribution < 1.29 is 9.59 Å². The van der Waals surface area contributed by atoms with Crippen molar-refractivity contribution in [2.24, 2.45) is 0 Å². The van der Waals surface area contributed by atoms with Gasteiger partial charge in [-0.15, -0.1) is 0 Å². The predicted molar refractivity (Wildman–Crippen MR) is 37.7 cm³/mol. The Morgan fingerprint density at radius 1 is 1.70 bits per heavy atom. The average Bonchev–Trinajstić information content (AvgIpc) is 1.88. The minimum atomic E-state index is -0.255. The molecule has 0 bridgehead atoms. The largest absolute Gasteiger partial charge is 0.341 e. The molecular weight excluding hydrogens is 132 g/mol. The Balaban J connectivity index is 3.46. The first-order chi connectivity index (χ1) is 4.70. The lowest BCUT2D eigenvalue weighted by Crippen LogP contribution is -2.39. The Hall–Kier alpha value is -1.06. The number of carbonyl (C=O) groups is 2. The normalized spacial score (nSPS) is 11.8. The third kappa shape index (κ3) is 3.88. The maximum Gasteiger partial charge on any atom is 0.314 e. The maximum absolute atomic E-state index is 10.6. The first-order valence-corrected chi connectivity index (χ1v) is 3.12. The molecule has 0 heterocycles. The molecule has 1 unspecified atom stereocenters. The summed E-state index contributed by atoms with van der Waals surface area (Å²) < 4.78 is 0. The fourth-order valence-corrected chi connectivity index (χ4v) is 0.499. The zero-order valence-corrected chi connectivity index (χ0v) is 6.18. The molecule has 0 saturated heterocycles. The number of hydrogen-bond acceptors (Lipinski definition) is 2. The van der Waals surface area contributed by atoms with Crippen LogP contribution >= 0.6 is 0 Å². The van der Waals surface area contributed by atoms with E-state index in [0.717, 1.165) is 6.29 Å². The summed E-state index contributed by atoms with van der Waals surface area (Å²) in [4.78, 5) is 20.5. The second-order valence-electron chi connectivity index (χ2n) is 2.03. The quantitative estimate of drug-likeness (QED) is 0.543. The summed E-state index contributed by atoms with van der Waals surface area (Å²) in [6.45, 7) is 1.77. The molecule has 10 heavy (non-hydrogen) atoms. The number of urea groups is 1. The third-order valence-corrected chi connectivity index (χ3v) is 1.05. The fourth-order valence-electron chi connectivity index (χ4n) is 0.499. The van der Waals surface area contributed by atoms with Gasteiger partial charge in [-0.2, -0.15) is 0 Å². The molecule has 0 aliphatic heterocycles. The van der Waals surface area contributed by atoms with Crippen molar-refractivity contribution in [1.29, 1.82) is 0 Å². The zero-order chi connectivity index (χ0) is 7.98. The monoisotopic (exact) mass is 144 g/mol. The Kier molecular flexibility index (Phi) is 4.28. The molecule has 0 aliphatic rings. The van der Waals surface area contributed by atoms with Gasteiger partial charge in [0.1, 0.15) is 6.29 Å². The third-order valence-electron chi connectivity index (χ3n) is 1.05. The summed E-state index contributed by atoms with van der Waals surface area (Å²) in [7, 11) is 1.53. The molecule has 58 valence electrons. The van der Waals surface area contributed by atoms with E-state index in [9.17, 15) is 9.59 Å². The van der Waals surface area contributed by atoms with Gasteiger partial charge >= 0.3 is 6.03 Å². The Morgan fingerprint density at radius 3 is 2.70 bits per heavy atom. The molecular formula is C6H12N2O2. The highest BCUT2D eigenvalue weighted by Gasteiger charge is 2.02. The molecule has 0 radical (unpaired) electrons. The predicted octanol–water partition coefficient (Wildman–Crippen LogP) is -0.107. The van der Waals surface area contributed by atoms with Crippen LogP contribution in [-0.4, -0.2) is 25.4 Å².